The van der Waals surface area contributed by atoms with Gasteiger partial charge in [0.1, 0.15) is 22.9 Å². The number of carbonyl (C=O) groups excluding carboxylic acids is 7. The zero-order valence-corrected chi connectivity index (χ0v) is 52.7. The van der Waals surface area contributed by atoms with Crippen molar-refractivity contribution in [1.29, 1.82) is 0 Å². The maximum Gasteiger partial charge on any atom is 0.325 e. The molecule has 1 saturated heterocycles. The Hall–Kier alpha value is -6.79. The average Bonchev–Trinajstić information content (AvgIpc) is 3.37. The molecule has 0 saturated carbocycles. The maximum atomic E-state index is 12.2. The number of nitrogens with two attached hydrogens (primary N) is 6. The van der Waals surface area contributed by atoms with Crippen LogP contribution in [0, 0.1) is 22.7 Å². The van der Waals surface area contributed by atoms with Crippen LogP contribution in [0.1, 0.15) is 104 Å². The lowest BCUT2D eigenvalue weighted by atomic mass is 9.83. The first kappa shape index (κ1) is 79.4. The fraction of sp³-hybridized carbons (Fsp3) is 0.458. The minimum Gasteiger partial charge on any atom is -0.481 e. The van der Waals surface area contributed by atoms with Crippen LogP contribution >= 0.6 is 40.5 Å². The Morgan fingerprint density at radius 2 is 0.866 bits per heavy atom. The van der Waals surface area contributed by atoms with Crippen LogP contribution in [0.15, 0.2) is 97.1 Å². The summed E-state index contributed by atoms with van der Waals surface area (Å²) in [5.41, 5.74) is 36.9. The first-order valence-corrected chi connectivity index (χ1v) is 25.6. The highest BCUT2D eigenvalue weighted by Crippen LogP contribution is 2.26. The Kier molecular flexibility index (Phi) is 35.5. The largest absolute Gasteiger partial charge is 0.481 e. The predicted octanol–water partition coefficient (Wildman–Crippen LogP) is 5.87. The highest BCUT2D eigenvalue weighted by Gasteiger charge is 2.39. The average molecular weight is 1200 g/mol. The fourth-order valence-electron chi connectivity index (χ4n) is 7.26. The van der Waals surface area contributed by atoms with Gasteiger partial charge in [0, 0.05) is 47.9 Å². The van der Waals surface area contributed by atoms with Crippen molar-refractivity contribution in [2.24, 2.45) is 34.1 Å². The van der Waals surface area contributed by atoms with E-state index in [0.717, 1.165) is 22.3 Å². The Bertz CT molecular complexity index is 2560. The van der Waals surface area contributed by atoms with Gasteiger partial charge in [-0.3, -0.25) is 38.4 Å². The van der Waals surface area contributed by atoms with Gasteiger partial charge in [0.15, 0.2) is 5.78 Å². The molecule has 0 unspecified atom stereocenters. The van der Waals surface area contributed by atoms with Gasteiger partial charge < -0.3 is 64.4 Å². The summed E-state index contributed by atoms with van der Waals surface area (Å²) in [6, 6.07) is 28.1. The fourth-order valence-corrected chi connectivity index (χ4v) is 7.26. The number of amides is 2. The van der Waals surface area contributed by atoms with E-state index in [1.165, 1.54) is 21.3 Å². The van der Waals surface area contributed by atoms with Gasteiger partial charge in [-0.2, -0.15) is 40.5 Å². The lowest BCUT2D eigenvalue weighted by molar-refractivity contribution is -0.153. The zero-order chi connectivity index (χ0) is 60.6. The second kappa shape index (κ2) is 36.6. The van der Waals surface area contributed by atoms with Crippen LogP contribution < -0.4 is 45.0 Å². The van der Waals surface area contributed by atoms with Crippen molar-refractivity contribution in [2.75, 3.05) is 44.3 Å². The maximum absolute atomic E-state index is 12.2. The molecule has 0 aromatic heterocycles. The number of carboxylic acids is 1. The Balaban J connectivity index is -0.000000968. The van der Waals surface area contributed by atoms with Crippen LogP contribution in [0.4, 0.5) is 22.7 Å². The van der Waals surface area contributed by atoms with E-state index in [4.69, 9.17) is 44.2 Å². The molecule has 82 heavy (non-hydrogen) atoms. The molecule has 458 valence electrons. The van der Waals surface area contributed by atoms with Crippen molar-refractivity contribution < 1.29 is 57.7 Å². The molecule has 5 rings (SSSR count). The van der Waals surface area contributed by atoms with Crippen LogP contribution in [0.3, 0.4) is 0 Å². The van der Waals surface area contributed by atoms with Gasteiger partial charge in [0.05, 0.1) is 44.1 Å². The van der Waals surface area contributed by atoms with Gasteiger partial charge in [0.2, 0.25) is 11.8 Å². The monoisotopic (exact) mass is 1200 g/mol. The summed E-state index contributed by atoms with van der Waals surface area (Å²) < 4.78 is 13.8. The third-order valence-electron chi connectivity index (χ3n) is 12.3. The van der Waals surface area contributed by atoms with Gasteiger partial charge in [-0.05, 0) is 145 Å². The summed E-state index contributed by atoms with van der Waals surface area (Å²) in [7, 11) is 3.96. The number of hydrogen-bond acceptors (Lipinski definition) is 17. The number of methoxy groups -OCH3 is 3. The number of piperazine rings is 1. The number of nitrogens with one attached hydrogen (secondary N) is 2. The molecule has 0 radical (unpaired) electrons. The lowest BCUT2D eigenvalue weighted by Crippen LogP contribution is -2.67. The van der Waals surface area contributed by atoms with E-state index >= 15 is 0 Å². The minimum atomic E-state index is -0.857. The van der Waals surface area contributed by atoms with Crippen LogP contribution in [-0.2, 0) is 78.3 Å². The summed E-state index contributed by atoms with van der Waals surface area (Å²) in [6.45, 7) is 16.9. The Morgan fingerprint density at radius 1 is 0.549 bits per heavy atom. The first-order valence-electron chi connectivity index (χ1n) is 25.6. The number of ketones is 2. The number of aliphatic carboxylic acids is 1. The van der Waals surface area contributed by atoms with E-state index in [9.17, 15) is 38.4 Å². The molecule has 1 aliphatic rings. The standard InChI is InChI=1S/C16H23NO3.C15H22N2O3.C13H17N3O2.C10H13NO2.C5H11NO2.3H2S/c1-11(9-12-5-7-13(17)8-6-12)14(18)10-16(2,3)15(19)20-4;1-15(2,14(19)20-3)9-13(18)12(17)8-10-4-6-11(16)7-5-10;1-13(2)12(18)15-10(11(17)16-13)7-8-3-5-9(14)6-4-8;1-7(10(12)13)6-8-2-4-9(11)5-3-8;1-5(2,6)4(7)8-3;;;/h5-8,11H,9-10,17H2,1-4H3;4-7,12H,8-9,16-17H2,1-3H3;3-6,10H,7,14H2,1-2H3,(H,15,18)(H,16,17);2-5,7H,6,11H2,1H3,(H,12,13);6H2,1-3H3;3*1H2/t11-;12-;10-;7-;;;;/m0000..../s1. The van der Waals surface area contributed by atoms with Crippen LogP contribution in [-0.4, -0.2) is 96.9 Å². The number of anilines is 4. The van der Waals surface area contributed by atoms with Gasteiger partial charge in [0.25, 0.3) is 0 Å². The normalized spacial score (nSPS) is 14.2. The Labute approximate surface area is 505 Å². The molecule has 0 aliphatic carbocycles. The van der Waals surface area contributed by atoms with Crippen LogP contribution in [0.2, 0.25) is 0 Å². The molecular weight excluding hydrogens is 1110 g/mol. The molecule has 4 aromatic carbocycles. The van der Waals surface area contributed by atoms with Gasteiger partial charge in [-0.1, -0.05) is 62.4 Å². The summed E-state index contributed by atoms with van der Waals surface area (Å²) >= 11 is 0. The molecule has 1 fully saturated rings. The highest BCUT2D eigenvalue weighted by atomic mass is 32.1. The number of esters is 3. The van der Waals surface area contributed by atoms with E-state index in [2.05, 4.69) is 20.1 Å². The number of ether oxygens (including phenoxy) is 3. The van der Waals surface area contributed by atoms with Crippen LogP contribution in [0.25, 0.3) is 0 Å². The van der Waals surface area contributed by atoms with Gasteiger partial charge in [-0.15, -0.1) is 0 Å². The number of rotatable bonds is 18. The number of benzene rings is 4. The summed E-state index contributed by atoms with van der Waals surface area (Å²) in [5.74, 6) is -2.81. The lowest BCUT2D eigenvalue weighted by Gasteiger charge is -2.34. The quantitative estimate of drug-likeness (QED) is 0.0319. The molecule has 0 bridgehead atoms. The topological polar surface area (TPSA) is 365 Å². The third kappa shape index (κ3) is 29.3. The zero-order valence-electron chi connectivity index (χ0n) is 49.7. The van der Waals surface area contributed by atoms with E-state index in [1.807, 2.05) is 67.6 Å². The SMILES string of the molecule is CC1(C)NC(=O)[C@H](Cc2ccc(N)cc2)NC1=O.COC(=O)C(C)(C)CC(=O)[C@@H](C)Cc1ccc(N)cc1.COC(=O)C(C)(C)CC(=O)[C@@H](N)Cc1ccc(N)cc1.COC(=O)C(C)(C)N.C[C@@H](Cc1ccc(N)cc1)C(=O)O.S.S.S. The van der Waals surface area contributed by atoms with E-state index in [1.54, 1.807) is 98.7 Å². The van der Waals surface area contributed by atoms with Crippen molar-refractivity contribution >= 4 is 110 Å². The van der Waals surface area contributed by atoms with Gasteiger partial charge in [-0.25, -0.2) is 0 Å². The molecule has 15 N–H and O–H groups in total. The predicted molar refractivity (Wildman–Crippen MR) is 339 cm³/mol. The molecule has 20 nitrogen and oxygen atoms in total. The molecule has 23 heteroatoms. The van der Waals surface area contributed by atoms with Crippen LogP contribution in [0.5, 0.6) is 0 Å². The molecule has 4 atom stereocenters. The second-order valence-corrected chi connectivity index (χ2v) is 21.9. The number of Topliss-reactive ketones (excluding diaryl/α,β-unsaturated/α-hetero) is 2. The van der Waals surface area contributed by atoms with Crippen molar-refractivity contribution in [1.82, 2.24) is 10.6 Å². The van der Waals surface area contributed by atoms with E-state index < -0.39 is 51.9 Å². The number of carboxylic acid groups (broad SMARTS) is 1. The van der Waals surface area contributed by atoms with E-state index in [-0.39, 0.29) is 94.5 Å². The molecular formula is C59H92N8O12S3. The number of carbonyl (C=O) groups is 8. The molecule has 2 amide bonds. The van der Waals surface area contributed by atoms with E-state index in [0.29, 0.717) is 48.4 Å². The molecule has 1 heterocycles. The smallest absolute Gasteiger partial charge is 0.325 e. The number of nitrogen functional groups attached to an aromatic ring is 4. The summed E-state index contributed by atoms with van der Waals surface area (Å²) in [5, 5.41) is 14.1. The summed E-state index contributed by atoms with van der Waals surface area (Å²) in [6.07, 6.45) is 2.35. The first-order chi connectivity index (χ1) is 36.5. The van der Waals surface area contributed by atoms with Crippen molar-refractivity contribution in [3.05, 3.63) is 119 Å². The number of hydrogen-bond donors (Lipinski definition) is 9. The van der Waals surface area contributed by atoms with Crippen molar-refractivity contribution in [3.63, 3.8) is 0 Å². The highest BCUT2D eigenvalue weighted by molar-refractivity contribution is 7.59. The van der Waals surface area contributed by atoms with Gasteiger partial charge >= 0.3 is 23.9 Å². The minimum absolute atomic E-state index is 0. The van der Waals surface area contributed by atoms with Crippen molar-refractivity contribution in [2.45, 2.75) is 131 Å². The molecule has 1 aliphatic heterocycles. The summed E-state index contributed by atoms with van der Waals surface area (Å²) in [4.78, 5) is 92.1. The Morgan fingerprint density at radius 3 is 1.18 bits per heavy atom. The molecule has 0 spiro atoms. The molecule has 4 aromatic rings. The third-order valence-corrected chi connectivity index (χ3v) is 12.3. The van der Waals surface area contributed by atoms with Crippen molar-refractivity contribution in [3.8, 4) is 0 Å². The second-order valence-electron chi connectivity index (χ2n) is 21.9.